The number of hydrogen-bond donors (Lipinski definition) is 1. The minimum atomic E-state index is -0.327. The fraction of sp³-hybridized carbons (Fsp3) is 0.133. The zero-order valence-electron chi connectivity index (χ0n) is 11.7. The number of amides is 1. The monoisotopic (exact) mass is 316 g/mol. The van der Waals surface area contributed by atoms with Crippen LogP contribution in [-0.2, 0) is 0 Å². The molecule has 0 bridgehead atoms. The van der Waals surface area contributed by atoms with Crippen molar-refractivity contribution >= 4 is 17.2 Å². The van der Waals surface area contributed by atoms with Crippen molar-refractivity contribution in [3.8, 4) is 5.69 Å². The molecule has 22 heavy (non-hydrogen) atoms. The van der Waals surface area contributed by atoms with Gasteiger partial charge in [-0.05, 0) is 42.6 Å². The smallest absolute Gasteiger partial charge is 0.273 e. The van der Waals surface area contributed by atoms with Crippen LogP contribution in [0.15, 0.2) is 48.0 Å². The Labute approximate surface area is 130 Å². The van der Waals surface area contributed by atoms with E-state index in [1.54, 1.807) is 23.5 Å². The van der Waals surface area contributed by atoms with Crippen molar-refractivity contribution in [2.75, 3.05) is 0 Å². The van der Waals surface area contributed by atoms with Crippen LogP contribution >= 0.6 is 11.3 Å². The molecule has 1 aromatic carbocycles. The van der Waals surface area contributed by atoms with Crippen molar-refractivity contribution in [3.05, 3.63) is 64.4 Å². The van der Waals surface area contributed by atoms with Crippen molar-refractivity contribution in [1.82, 2.24) is 20.3 Å². The van der Waals surface area contributed by atoms with E-state index in [0.717, 1.165) is 4.88 Å². The van der Waals surface area contributed by atoms with Crippen LogP contribution in [0.5, 0.6) is 0 Å². The first-order chi connectivity index (χ1) is 10.6. The van der Waals surface area contributed by atoms with E-state index in [9.17, 15) is 9.18 Å². The molecule has 1 atom stereocenters. The molecule has 2 aromatic heterocycles. The molecule has 0 saturated heterocycles. The Morgan fingerprint density at radius 2 is 2.09 bits per heavy atom. The molecule has 0 saturated carbocycles. The first-order valence-electron chi connectivity index (χ1n) is 6.66. The van der Waals surface area contributed by atoms with Gasteiger partial charge in [-0.1, -0.05) is 11.3 Å². The maximum Gasteiger partial charge on any atom is 0.273 e. The average molecular weight is 316 g/mol. The van der Waals surface area contributed by atoms with Crippen molar-refractivity contribution in [2.24, 2.45) is 0 Å². The van der Waals surface area contributed by atoms with Crippen LogP contribution in [0.2, 0.25) is 0 Å². The number of nitrogens with one attached hydrogen (secondary N) is 1. The van der Waals surface area contributed by atoms with Crippen LogP contribution in [0.4, 0.5) is 4.39 Å². The molecule has 0 fully saturated rings. The molecule has 7 heteroatoms. The second-order valence-electron chi connectivity index (χ2n) is 4.74. The van der Waals surface area contributed by atoms with Gasteiger partial charge in [0.05, 0.1) is 17.9 Å². The van der Waals surface area contributed by atoms with Gasteiger partial charge in [-0.15, -0.1) is 16.4 Å². The Kier molecular flexibility index (Phi) is 3.97. The molecular formula is C15H13FN4OS. The summed E-state index contributed by atoms with van der Waals surface area (Å²) in [4.78, 5) is 13.2. The minimum absolute atomic E-state index is 0.0940. The van der Waals surface area contributed by atoms with Crippen LogP contribution < -0.4 is 5.32 Å². The lowest BCUT2D eigenvalue weighted by atomic mass is 10.2. The maximum atomic E-state index is 12.9. The Hall–Kier alpha value is -2.54. The molecule has 0 aliphatic rings. The molecule has 0 spiro atoms. The number of aromatic nitrogens is 3. The quantitative estimate of drug-likeness (QED) is 0.805. The third kappa shape index (κ3) is 3.04. The van der Waals surface area contributed by atoms with E-state index in [1.807, 2.05) is 24.4 Å². The lowest BCUT2D eigenvalue weighted by molar-refractivity contribution is 0.0935. The van der Waals surface area contributed by atoms with Crippen LogP contribution in [0.3, 0.4) is 0 Å². The number of carbonyl (C=O) groups excluding carboxylic acids is 1. The van der Waals surface area contributed by atoms with Crippen molar-refractivity contribution < 1.29 is 9.18 Å². The minimum Gasteiger partial charge on any atom is -0.343 e. The summed E-state index contributed by atoms with van der Waals surface area (Å²) in [6.07, 6.45) is 1.52. The predicted octanol–water partition coefficient (Wildman–Crippen LogP) is 2.96. The second kappa shape index (κ2) is 6.07. The van der Waals surface area contributed by atoms with Gasteiger partial charge in [0.15, 0.2) is 5.69 Å². The van der Waals surface area contributed by atoms with Gasteiger partial charge in [-0.2, -0.15) is 0 Å². The normalized spacial score (nSPS) is 12.1. The van der Waals surface area contributed by atoms with Crippen molar-refractivity contribution in [2.45, 2.75) is 13.0 Å². The van der Waals surface area contributed by atoms with Gasteiger partial charge >= 0.3 is 0 Å². The van der Waals surface area contributed by atoms with E-state index in [-0.39, 0.29) is 23.5 Å². The maximum absolute atomic E-state index is 12.9. The van der Waals surface area contributed by atoms with Gasteiger partial charge in [0, 0.05) is 4.88 Å². The summed E-state index contributed by atoms with van der Waals surface area (Å²) in [5.74, 6) is -0.624. The standard InChI is InChI=1S/C15H13FN4OS/c1-10(14-3-2-8-22-14)17-15(21)13-9-20(19-18-13)12-6-4-11(16)5-7-12/h2-10H,1H3,(H,17,21). The largest absolute Gasteiger partial charge is 0.343 e. The zero-order valence-corrected chi connectivity index (χ0v) is 12.5. The van der Waals surface area contributed by atoms with Gasteiger partial charge in [0.25, 0.3) is 5.91 Å². The fourth-order valence-electron chi connectivity index (χ4n) is 1.97. The van der Waals surface area contributed by atoms with Gasteiger partial charge in [0.2, 0.25) is 0 Å². The Morgan fingerprint density at radius 1 is 1.32 bits per heavy atom. The number of rotatable bonds is 4. The molecule has 3 rings (SSSR count). The van der Waals surface area contributed by atoms with E-state index in [0.29, 0.717) is 5.69 Å². The fourth-order valence-corrected chi connectivity index (χ4v) is 2.70. The molecule has 3 aromatic rings. The molecule has 112 valence electrons. The number of carbonyl (C=O) groups is 1. The number of thiophene rings is 1. The number of nitrogens with zero attached hydrogens (tertiary/aromatic N) is 3. The highest BCUT2D eigenvalue weighted by Crippen LogP contribution is 2.18. The highest BCUT2D eigenvalue weighted by molar-refractivity contribution is 7.10. The van der Waals surface area contributed by atoms with E-state index < -0.39 is 0 Å². The topological polar surface area (TPSA) is 59.8 Å². The third-order valence-electron chi connectivity index (χ3n) is 3.13. The van der Waals surface area contributed by atoms with Crippen molar-refractivity contribution in [3.63, 3.8) is 0 Å². The SMILES string of the molecule is CC(NC(=O)c1cn(-c2ccc(F)cc2)nn1)c1cccs1. The van der Waals surface area contributed by atoms with E-state index in [2.05, 4.69) is 15.6 Å². The Balaban J connectivity index is 1.73. The first kappa shape index (κ1) is 14.4. The molecule has 1 N–H and O–H groups in total. The van der Waals surface area contributed by atoms with Crippen molar-refractivity contribution in [1.29, 1.82) is 0 Å². The van der Waals surface area contributed by atoms with Gasteiger partial charge in [-0.3, -0.25) is 4.79 Å². The van der Waals surface area contributed by atoms with Gasteiger partial charge < -0.3 is 5.32 Å². The number of benzene rings is 1. The molecule has 1 amide bonds. The summed E-state index contributed by atoms with van der Waals surface area (Å²) in [5, 5.41) is 12.6. The first-order valence-corrected chi connectivity index (χ1v) is 7.54. The van der Waals surface area contributed by atoms with Crippen LogP contribution in [0.25, 0.3) is 5.69 Å². The number of hydrogen-bond acceptors (Lipinski definition) is 4. The molecule has 5 nitrogen and oxygen atoms in total. The molecule has 2 heterocycles. The lowest BCUT2D eigenvalue weighted by Crippen LogP contribution is -2.26. The Bertz CT molecular complexity index is 767. The summed E-state index contributed by atoms with van der Waals surface area (Å²) in [6.45, 7) is 1.91. The molecule has 0 radical (unpaired) electrons. The summed E-state index contributed by atoms with van der Waals surface area (Å²) >= 11 is 1.58. The van der Waals surface area contributed by atoms with E-state index >= 15 is 0 Å². The molecule has 0 aliphatic heterocycles. The molecule has 0 aliphatic carbocycles. The summed E-state index contributed by atoms with van der Waals surface area (Å²) in [6, 6.07) is 9.60. The van der Waals surface area contributed by atoms with Gasteiger partial charge in [0.1, 0.15) is 5.82 Å². The Morgan fingerprint density at radius 3 is 2.77 bits per heavy atom. The summed E-state index contributed by atoms with van der Waals surface area (Å²) < 4.78 is 14.3. The van der Waals surface area contributed by atoms with Crippen LogP contribution in [0.1, 0.15) is 28.3 Å². The predicted molar refractivity (Wildman–Crippen MR) is 81.5 cm³/mol. The molecule has 1 unspecified atom stereocenters. The lowest BCUT2D eigenvalue weighted by Gasteiger charge is -2.10. The summed E-state index contributed by atoms with van der Waals surface area (Å²) in [5.41, 5.74) is 0.854. The third-order valence-corrected chi connectivity index (χ3v) is 4.19. The van der Waals surface area contributed by atoms with Crippen LogP contribution in [0, 0.1) is 5.82 Å². The summed E-state index contributed by atoms with van der Waals surface area (Å²) in [7, 11) is 0. The van der Waals surface area contributed by atoms with E-state index in [4.69, 9.17) is 0 Å². The van der Waals surface area contributed by atoms with E-state index in [1.165, 1.54) is 23.0 Å². The second-order valence-corrected chi connectivity index (χ2v) is 5.71. The number of halogens is 1. The van der Waals surface area contributed by atoms with Crippen LogP contribution in [-0.4, -0.2) is 20.9 Å². The highest BCUT2D eigenvalue weighted by Gasteiger charge is 2.15. The highest BCUT2D eigenvalue weighted by atomic mass is 32.1. The zero-order chi connectivity index (χ0) is 15.5. The van der Waals surface area contributed by atoms with Gasteiger partial charge in [-0.25, -0.2) is 9.07 Å². The molecular weight excluding hydrogens is 303 g/mol. The average Bonchev–Trinajstić information content (AvgIpc) is 3.20.